The zero-order valence-electron chi connectivity index (χ0n) is 19.9. The summed E-state index contributed by atoms with van der Waals surface area (Å²) >= 11 is 0. The van der Waals surface area contributed by atoms with Gasteiger partial charge in [-0.15, -0.1) is 0 Å². The summed E-state index contributed by atoms with van der Waals surface area (Å²) < 4.78 is 22.1. The molecule has 8 heteroatoms. The summed E-state index contributed by atoms with van der Waals surface area (Å²) in [6.45, 7) is 5.81. The van der Waals surface area contributed by atoms with Crippen LogP contribution >= 0.6 is 0 Å². The van der Waals surface area contributed by atoms with Crippen molar-refractivity contribution in [1.29, 1.82) is 0 Å². The molecule has 34 heavy (non-hydrogen) atoms. The molecule has 2 heterocycles. The first kappa shape index (κ1) is 23.4. The van der Waals surface area contributed by atoms with Crippen molar-refractivity contribution in [3.8, 4) is 11.5 Å². The van der Waals surface area contributed by atoms with Gasteiger partial charge in [0.25, 0.3) is 0 Å². The van der Waals surface area contributed by atoms with Crippen LogP contribution in [0.1, 0.15) is 47.3 Å². The van der Waals surface area contributed by atoms with Gasteiger partial charge in [0.2, 0.25) is 5.91 Å². The molecule has 1 aromatic heterocycles. The van der Waals surface area contributed by atoms with Crippen LogP contribution in [-0.2, 0) is 22.4 Å². The Morgan fingerprint density at radius 1 is 1.15 bits per heavy atom. The Morgan fingerprint density at radius 2 is 1.85 bits per heavy atom. The number of hydrogen-bond donors (Lipinski definition) is 1. The van der Waals surface area contributed by atoms with Crippen LogP contribution < -0.4 is 20.4 Å². The van der Waals surface area contributed by atoms with Gasteiger partial charge in [0.1, 0.15) is 22.7 Å². The zero-order chi connectivity index (χ0) is 24.6. The van der Waals surface area contributed by atoms with Crippen molar-refractivity contribution in [3.63, 3.8) is 0 Å². The zero-order valence-corrected chi connectivity index (χ0v) is 19.9. The topological polar surface area (TPSA) is 104 Å². The molecule has 0 spiro atoms. The number of amides is 1. The third-order valence-corrected chi connectivity index (χ3v) is 6.09. The molecular formula is C26H27NO7. The van der Waals surface area contributed by atoms with Gasteiger partial charge in [-0.2, -0.15) is 0 Å². The molecule has 0 atom stereocenters. The van der Waals surface area contributed by atoms with Crippen molar-refractivity contribution in [3.05, 3.63) is 63.0 Å². The van der Waals surface area contributed by atoms with Crippen LogP contribution in [0.2, 0.25) is 0 Å². The molecule has 1 aliphatic rings. The van der Waals surface area contributed by atoms with Gasteiger partial charge in [0, 0.05) is 17.3 Å². The van der Waals surface area contributed by atoms with E-state index in [9.17, 15) is 14.4 Å². The van der Waals surface area contributed by atoms with E-state index >= 15 is 0 Å². The van der Waals surface area contributed by atoms with Gasteiger partial charge in [-0.05, 0) is 63.4 Å². The van der Waals surface area contributed by atoms with E-state index in [4.69, 9.17) is 13.9 Å². The van der Waals surface area contributed by atoms with E-state index in [1.165, 1.54) is 7.11 Å². The number of benzene rings is 2. The van der Waals surface area contributed by atoms with Gasteiger partial charge in [-0.3, -0.25) is 4.79 Å². The molecule has 2 aromatic carbocycles. The van der Waals surface area contributed by atoms with Crippen LogP contribution in [0.5, 0.6) is 11.5 Å². The third kappa shape index (κ3) is 4.35. The van der Waals surface area contributed by atoms with Crippen molar-refractivity contribution in [2.45, 2.75) is 45.6 Å². The summed E-state index contributed by atoms with van der Waals surface area (Å²) in [5, 5.41) is 3.40. The van der Waals surface area contributed by atoms with Gasteiger partial charge in [-0.25, -0.2) is 9.59 Å². The number of hydrogen-bond acceptors (Lipinski definition) is 7. The number of carbonyl (C=O) groups excluding carboxylic acids is 2. The second kappa shape index (κ2) is 8.85. The van der Waals surface area contributed by atoms with E-state index in [2.05, 4.69) is 10.1 Å². The van der Waals surface area contributed by atoms with Crippen LogP contribution in [-0.4, -0.2) is 31.7 Å². The van der Waals surface area contributed by atoms with Crippen LogP contribution in [0, 0.1) is 6.92 Å². The Bertz CT molecular complexity index is 1340. The van der Waals surface area contributed by atoms with E-state index < -0.39 is 11.6 Å². The maximum atomic E-state index is 12.9. The number of esters is 1. The number of ether oxygens (including phenoxy) is 3. The smallest absolute Gasteiger partial charge is 0.340 e. The highest BCUT2D eigenvalue weighted by Crippen LogP contribution is 2.43. The van der Waals surface area contributed by atoms with E-state index in [0.29, 0.717) is 45.7 Å². The fourth-order valence-electron chi connectivity index (χ4n) is 4.22. The molecule has 1 amide bonds. The maximum Gasteiger partial charge on any atom is 0.340 e. The lowest BCUT2D eigenvalue weighted by Gasteiger charge is -2.33. The first-order valence-electron chi connectivity index (χ1n) is 11.0. The Balaban J connectivity index is 1.66. The summed E-state index contributed by atoms with van der Waals surface area (Å²) in [6, 6.07) is 8.11. The fourth-order valence-corrected chi connectivity index (χ4v) is 4.22. The molecule has 0 saturated carbocycles. The summed E-state index contributed by atoms with van der Waals surface area (Å²) in [7, 11) is 2.85. The first-order chi connectivity index (χ1) is 16.1. The van der Waals surface area contributed by atoms with E-state index in [0.717, 1.165) is 12.0 Å². The van der Waals surface area contributed by atoms with Crippen LogP contribution in [0.3, 0.4) is 0 Å². The standard InChI is InChI=1S/C26H27NO7/c1-14-18(12-21(28)27-16-8-6-15(7-9-16)24(29)32-5)25(30)33-23-17-10-11-26(2,3)34-19(17)13-20(31-4)22(14)23/h6-9,13H,10-12H2,1-5H3,(H,27,28). The van der Waals surface area contributed by atoms with E-state index in [1.54, 1.807) is 38.3 Å². The monoisotopic (exact) mass is 465 g/mol. The van der Waals surface area contributed by atoms with Crippen molar-refractivity contribution in [2.75, 3.05) is 19.5 Å². The van der Waals surface area contributed by atoms with Crippen molar-refractivity contribution in [2.24, 2.45) is 0 Å². The molecule has 0 saturated heterocycles. The molecule has 8 nitrogen and oxygen atoms in total. The van der Waals surface area contributed by atoms with Crippen molar-refractivity contribution in [1.82, 2.24) is 0 Å². The fraction of sp³-hybridized carbons (Fsp3) is 0.346. The van der Waals surface area contributed by atoms with Gasteiger partial charge in [0.15, 0.2) is 0 Å². The summed E-state index contributed by atoms with van der Waals surface area (Å²) in [4.78, 5) is 37.2. The van der Waals surface area contributed by atoms with Gasteiger partial charge >= 0.3 is 11.6 Å². The number of nitrogens with one attached hydrogen (secondary N) is 1. The van der Waals surface area contributed by atoms with Crippen LogP contribution in [0.15, 0.2) is 39.5 Å². The van der Waals surface area contributed by atoms with Crippen LogP contribution in [0.4, 0.5) is 5.69 Å². The lowest BCUT2D eigenvalue weighted by atomic mass is 9.91. The first-order valence-corrected chi connectivity index (χ1v) is 11.0. The highest BCUT2D eigenvalue weighted by molar-refractivity contribution is 5.96. The Morgan fingerprint density at radius 3 is 2.50 bits per heavy atom. The lowest BCUT2D eigenvalue weighted by molar-refractivity contribution is -0.115. The number of fused-ring (bicyclic) bond motifs is 3. The van der Waals surface area contributed by atoms with Crippen molar-refractivity contribution < 1.29 is 28.2 Å². The second-order valence-corrected chi connectivity index (χ2v) is 8.91. The summed E-state index contributed by atoms with van der Waals surface area (Å²) in [6.07, 6.45) is 1.31. The second-order valence-electron chi connectivity index (χ2n) is 8.91. The van der Waals surface area contributed by atoms with E-state index in [1.807, 2.05) is 19.9 Å². The molecule has 178 valence electrons. The predicted octanol–water partition coefficient (Wildman–Crippen LogP) is 4.18. The van der Waals surface area contributed by atoms with Gasteiger partial charge in [-0.1, -0.05) is 0 Å². The highest BCUT2D eigenvalue weighted by atomic mass is 16.5. The highest BCUT2D eigenvalue weighted by Gasteiger charge is 2.31. The molecule has 1 aliphatic heterocycles. The average Bonchev–Trinajstić information content (AvgIpc) is 2.80. The van der Waals surface area contributed by atoms with Gasteiger partial charge in [0.05, 0.1) is 37.2 Å². The molecule has 0 aliphatic carbocycles. The SMILES string of the molecule is COC(=O)c1ccc(NC(=O)Cc2c(C)c3c(OC)cc4c(c3oc2=O)CCC(C)(C)O4)cc1. The van der Waals surface area contributed by atoms with Gasteiger partial charge < -0.3 is 23.9 Å². The molecular weight excluding hydrogens is 438 g/mol. The molecule has 0 unspecified atom stereocenters. The lowest BCUT2D eigenvalue weighted by Crippen LogP contribution is -2.32. The van der Waals surface area contributed by atoms with Crippen LogP contribution in [0.25, 0.3) is 11.0 Å². The summed E-state index contributed by atoms with van der Waals surface area (Å²) in [5.41, 5.74) is 2.13. The number of anilines is 1. The third-order valence-electron chi connectivity index (χ3n) is 6.09. The minimum absolute atomic E-state index is 0.174. The molecule has 0 bridgehead atoms. The molecule has 0 radical (unpaired) electrons. The number of methoxy groups -OCH3 is 2. The number of carbonyl (C=O) groups is 2. The van der Waals surface area contributed by atoms with E-state index in [-0.39, 0.29) is 23.5 Å². The minimum atomic E-state index is -0.568. The molecule has 3 aromatic rings. The molecule has 1 N–H and O–H groups in total. The average molecular weight is 466 g/mol. The quantitative estimate of drug-likeness (QED) is 0.445. The Kier molecular flexibility index (Phi) is 6.08. The largest absolute Gasteiger partial charge is 0.496 e. The van der Waals surface area contributed by atoms with Crippen molar-refractivity contribution >= 4 is 28.5 Å². The number of rotatable bonds is 5. The number of aryl methyl sites for hydroxylation is 2. The predicted molar refractivity (Wildman–Crippen MR) is 127 cm³/mol. The molecule has 4 rings (SSSR count). The maximum absolute atomic E-state index is 12.9. The molecule has 0 fully saturated rings. The Hall–Kier alpha value is -3.81. The summed E-state index contributed by atoms with van der Waals surface area (Å²) in [5.74, 6) is 0.312. The normalized spacial score (nSPS) is 14.1. The Labute approximate surface area is 196 Å². The minimum Gasteiger partial charge on any atom is -0.496 e.